The number of benzene rings is 3. The van der Waals surface area contributed by atoms with E-state index < -0.39 is 5.97 Å². The van der Waals surface area contributed by atoms with Gasteiger partial charge in [0, 0.05) is 6.61 Å². The van der Waals surface area contributed by atoms with Crippen LogP contribution in [0.4, 0.5) is 0 Å². The molecule has 6 nitrogen and oxygen atoms in total. The number of aliphatic carboxylic acids is 1. The van der Waals surface area contributed by atoms with Gasteiger partial charge in [0.1, 0.15) is 0 Å². The number of aryl methyl sites for hydroxylation is 7. The molecule has 0 radical (unpaired) electrons. The summed E-state index contributed by atoms with van der Waals surface area (Å²) in [4.78, 5) is 21.6. The van der Waals surface area contributed by atoms with E-state index in [1.807, 2.05) is 65.0 Å². The normalized spacial score (nSPS) is 9.10. The van der Waals surface area contributed by atoms with Crippen LogP contribution in [0.25, 0.3) is 0 Å². The molecule has 0 saturated carbocycles. The second kappa shape index (κ2) is 22.2. The molecule has 0 amide bonds. The summed E-state index contributed by atoms with van der Waals surface area (Å²) >= 11 is 0. The van der Waals surface area contributed by atoms with Crippen molar-refractivity contribution in [2.45, 2.75) is 75.2 Å². The Balaban J connectivity index is 0. The van der Waals surface area contributed by atoms with Crippen molar-refractivity contribution >= 4 is 11.9 Å². The van der Waals surface area contributed by atoms with Crippen molar-refractivity contribution in [1.29, 1.82) is 0 Å². The molecule has 0 atom stereocenters. The van der Waals surface area contributed by atoms with Crippen molar-refractivity contribution in [1.82, 2.24) is 0 Å². The van der Waals surface area contributed by atoms with Gasteiger partial charge in [-0.15, -0.1) is 0 Å². The van der Waals surface area contributed by atoms with E-state index in [1.54, 1.807) is 6.92 Å². The summed E-state index contributed by atoms with van der Waals surface area (Å²) in [5.41, 5.74) is 10.6. The standard InChI is InChI=1S/C12H16O2.C10H12O2.C9H12.C2H6O.CO/c1-4-14-12(13)8-11-6-9(2)5-10(3)7-11;1-7-3-8(2)5-9(4-7)6-10(11)12;1-7-4-8(2)6-9(3)5-7;1-2-3;1-2/h5-7H,4,8H2,1-3H3;3-5H,6H2,1-2H3,(H,11,12);4-6H,1-3H3;3H,2H2,1H3;. The molecule has 0 bridgehead atoms. The average molecular weight is 551 g/mol. The number of esters is 1. The summed E-state index contributed by atoms with van der Waals surface area (Å²) in [5, 5.41) is 16.1. The number of carbonyl (C=O) groups is 2. The quantitative estimate of drug-likeness (QED) is 0.204. The van der Waals surface area contributed by atoms with Crippen molar-refractivity contribution in [2.75, 3.05) is 13.2 Å². The van der Waals surface area contributed by atoms with Crippen LogP contribution in [-0.4, -0.2) is 35.4 Å². The molecule has 0 fully saturated rings. The fourth-order valence-electron chi connectivity index (χ4n) is 4.10. The van der Waals surface area contributed by atoms with Crippen molar-refractivity contribution in [3.05, 3.63) is 111 Å². The molecule has 0 aromatic heterocycles. The molecule has 6 heteroatoms. The van der Waals surface area contributed by atoms with E-state index in [-0.39, 0.29) is 19.0 Å². The Morgan fingerprint density at radius 2 is 0.875 bits per heavy atom. The Labute approximate surface area is 240 Å². The molecule has 218 valence electrons. The minimum atomic E-state index is -0.778. The summed E-state index contributed by atoms with van der Waals surface area (Å²) in [6, 6.07) is 18.5. The van der Waals surface area contributed by atoms with E-state index in [0.717, 1.165) is 22.3 Å². The van der Waals surface area contributed by atoms with E-state index in [1.165, 1.54) is 27.8 Å². The third-order valence-electron chi connectivity index (χ3n) is 4.94. The minimum absolute atomic E-state index is 0.114. The van der Waals surface area contributed by atoms with Gasteiger partial charge in [-0.2, -0.15) is 0 Å². The fourth-order valence-corrected chi connectivity index (χ4v) is 4.10. The van der Waals surface area contributed by atoms with Gasteiger partial charge in [0.2, 0.25) is 0 Å². The topological polar surface area (TPSA) is 104 Å². The van der Waals surface area contributed by atoms with E-state index in [9.17, 15) is 9.59 Å². The van der Waals surface area contributed by atoms with Crippen LogP contribution in [0.3, 0.4) is 0 Å². The molecule has 0 aliphatic heterocycles. The maximum atomic E-state index is 11.2. The zero-order valence-corrected chi connectivity index (χ0v) is 25.6. The van der Waals surface area contributed by atoms with Crippen molar-refractivity contribution in [3.63, 3.8) is 0 Å². The molecule has 0 aliphatic rings. The Bertz CT molecular complexity index is 1100. The van der Waals surface area contributed by atoms with Crippen LogP contribution in [0.5, 0.6) is 0 Å². The van der Waals surface area contributed by atoms with Gasteiger partial charge in [-0.3, -0.25) is 9.59 Å². The molecule has 3 aromatic carbocycles. The molecule has 0 saturated heterocycles. The number of aliphatic hydroxyl groups excluding tert-OH is 1. The van der Waals surface area contributed by atoms with Crippen molar-refractivity contribution in [2.24, 2.45) is 0 Å². The van der Waals surface area contributed by atoms with E-state index in [0.29, 0.717) is 13.0 Å². The third-order valence-corrected chi connectivity index (χ3v) is 4.94. The number of carboxylic acid groups (broad SMARTS) is 1. The second-order valence-corrected chi connectivity index (χ2v) is 9.53. The Morgan fingerprint density at radius 1 is 0.625 bits per heavy atom. The molecular formula is C34H46O6. The van der Waals surface area contributed by atoms with Gasteiger partial charge in [0.15, 0.2) is 0 Å². The first-order valence-corrected chi connectivity index (χ1v) is 13.2. The Hall–Kier alpha value is -3.70. The van der Waals surface area contributed by atoms with Crippen LogP contribution in [0, 0.1) is 55.1 Å². The molecular weight excluding hydrogens is 504 g/mol. The monoisotopic (exact) mass is 550 g/mol. The average Bonchev–Trinajstić information content (AvgIpc) is 2.79. The van der Waals surface area contributed by atoms with Gasteiger partial charge >= 0.3 is 23.2 Å². The van der Waals surface area contributed by atoms with Crippen LogP contribution in [0.15, 0.2) is 54.6 Å². The Morgan fingerprint density at radius 3 is 1.12 bits per heavy atom. The molecule has 3 rings (SSSR count). The van der Waals surface area contributed by atoms with Gasteiger partial charge in [-0.05, 0) is 73.4 Å². The molecule has 0 aliphatic carbocycles. The van der Waals surface area contributed by atoms with Crippen LogP contribution in [0.2, 0.25) is 0 Å². The molecule has 0 heterocycles. The van der Waals surface area contributed by atoms with Crippen LogP contribution in [-0.2, 0) is 31.8 Å². The van der Waals surface area contributed by atoms with Crippen LogP contribution >= 0.6 is 0 Å². The number of aliphatic hydroxyl groups is 1. The summed E-state index contributed by atoms with van der Waals surface area (Å²) in [7, 11) is 0. The number of hydrogen-bond acceptors (Lipinski definition) is 4. The molecule has 3 aromatic rings. The third kappa shape index (κ3) is 20.3. The number of carboxylic acids is 1. The van der Waals surface area contributed by atoms with Gasteiger partial charge in [-0.1, -0.05) is 93.5 Å². The Kier molecular flexibility index (Phi) is 21.3. The first-order chi connectivity index (χ1) is 18.8. The second-order valence-electron chi connectivity index (χ2n) is 9.53. The molecule has 0 unspecified atom stereocenters. The van der Waals surface area contributed by atoms with E-state index in [2.05, 4.69) is 51.7 Å². The predicted molar refractivity (Wildman–Crippen MR) is 161 cm³/mol. The molecule has 0 spiro atoms. The first-order valence-electron chi connectivity index (χ1n) is 13.2. The number of hydrogen-bond donors (Lipinski definition) is 2. The fraction of sp³-hybridized carbons (Fsp3) is 0.382. The van der Waals surface area contributed by atoms with E-state index >= 15 is 0 Å². The summed E-state index contributed by atoms with van der Waals surface area (Å²) < 4.78 is 12.4. The number of ether oxygens (including phenoxy) is 1. The SMILES string of the molecule is CCO.CCOC(=O)Cc1cc(C)cc(C)c1.Cc1cc(C)cc(C)c1.Cc1cc(C)cc(CC(=O)O)c1.[C-]#[O+]. The van der Waals surface area contributed by atoms with Crippen molar-refractivity contribution in [3.8, 4) is 0 Å². The molecule has 2 N–H and O–H groups in total. The zero-order chi connectivity index (χ0) is 31.3. The first kappa shape index (κ1) is 38.4. The van der Waals surface area contributed by atoms with Gasteiger partial charge in [0.05, 0.1) is 19.4 Å². The molecule has 40 heavy (non-hydrogen) atoms. The van der Waals surface area contributed by atoms with Crippen molar-refractivity contribution < 1.29 is 29.2 Å². The predicted octanol–water partition coefficient (Wildman–Crippen LogP) is 6.91. The summed E-state index contributed by atoms with van der Waals surface area (Å²) in [5.74, 6) is -0.933. The van der Waals surface area contributed by atoms with Gasteiger partial charge in [-0.25, -0.2) is 0 Å². The summed E-state index contributed by atoms with van der Waals surface area (Å²) in [6.45, 7) is 23.1. The zero-order valence-electron chi connectivity index (χ0n) is 25.6. The van der Waals surface area contributed by atoms with Gasteiger partial charge in [0.25, 0.3) is 0 Å². The van der Waals surface area contributed by atoms with E-state index in [4.69, 9.17) is 19.6 Å². The number of carbonyl (C=O) groups excluding carboxylic acids is 1. The van der Waals surface area contributed by atoms with Gasteiger partial charge < -0.3 is 14.9 Å². The number of rotatable bonds is 5. The summed E-state index contributed by atoms with van der Waals surface area (Å²) in [6.07, 6.45) is 0.485. The van der Waals surface area contributed by atoms with Crippen LogP contribution in [0.1, 0.15) is 63.9 Å². The maximum absolute atomic E-state index is 11.2. The van der Waals surface area contributed by atoms with Crippen LogP contribution < -0.4 is 0 Å².